The molecule has 120 valence electrons. The molecule has 22 heavy (non-hydrogen) atoms. The summed E-state index contributed by atoms with van der Waals surface area (Å²) in [7, 11) is 0. The maximum absolute atomic E-state index is 12.2. The van der Waals surface area contributed by atoms with Crippen molar-refractivity contribution in [2.24, 2.45) is 0 Å². The topological polar surface area (TPSA) is 74.3 Å². The second kappa shape index (κ2) is 6.27. The third-order valence-corrected chi connectivity index (χ3v) is 2.92. The Kier molecular flexibility index (Phi) is 4.60. The summed E-state index contributed by atoms with van der Waals surface area (Å²) in [5, 5.41) is 12.3. The zero-order valence-corrected chi connectivity index (χ0v) is 11.7. The van der Waals surface area contributed by atoms with Crippen LogP contribution >= 0.6 is 0 Å². The highest BCUT2D eigenvalue weighted by atomic mass is 19.4. The largest absolute Gasteiger partial charge is 0.573 e. The number of ether oxygens (including phenoxy) is 1. The van der Waals surface area contributed by atoms with E-state index in [2.05, 4.69) is 15.0 Å². The van der Waals surface area contributed by atoms with Gasteiger partial charge in [0, 0.05) is 23.5 Å². The third kappa shape index (κ3) is 4.39. The van der Waals surface area contributed by atoms with E-state index in [-0.39, 0.29) is 11.4 Å². The van der Waals surface area contributed by atoms with E-state index in [4.69, 9.17) is 5.11 Å². The average Bonchev–Trinajstić information content (AvgIpc) is 2.79. The Morgan fingerprint density at radius 2 is 2.14 bits per heavy atom. The van der Waals surface area contributed by atoms with Crippen molar-refractivity contribution in [2.45, 2.75) is 25.8 Å². The van der Waals surface area contributed by atoms with E-state index in [1.54, 1.807) is 6.92 Å². The van der Waals surface area contributed by atoms with Gasteiger partial charge in [-0.1, -0.05) is 0 Å². The van der Waals surface area contributed by atoms with Crippen molar-refractivity contribution in [1.29, 1.82) is 0 Å². The van der Waals surface area contributed by atoms with E-state index in [1.807, 2.05) is 0 Å². The lowest BCUT2D eigenvalue weighted by Crippen LogP contribution is -2.26. The van der Waals surface area contributed by atoms with Crippen LogP contribution in [0.25, 0.3) is 10.9 Å². The zero-order valence-electron chi connectivity index (χ0n) is 11.7. The third-order valence-electron chi connectivity index (χ3n) is 2.92. The van der Waals surface area contributed by atoms with Gasteiger partial charge in [0.05, 0.1) is 6.10 Å². The fourth-order valence-corrected chi connectivity index (χ4v) is 1.92. The minimum Gasteiger partial charge on any atom is -0.406 e. The lowest BCUT2D eigenvalue weighted by atomic mass is 10.2. The summed E-state index contributed by atoms with van der Waals surface area (Å²) in [4.78, 5) is 14.6. The lowest BCUT2D eigenvalue weighted by molar-refractivity contribution is -0.274. The zero-order chi connectivity index (χ0) is 16.3. The van der Waals surface area contributed by atoms with Gasteiger partial charge in [0.15, 0.2) is 0 Å². The Hall–Kier alpha value is -2.22. The maximum Gasteiger partial charge on any atom is 0.573 e. The second-order valence-corrected chi connectivity index (χ2v) is 4.87. The number of rotatable bonds is 5. The first-order chi connectivity index (χ1) is 10.2. The fourth-order valence-electron chi connectivity index (χ4n) is 1.92. The monoisotopic (exact) mass is 316 g/mol. The number of alkyl halides is 3. The number of amides is 1. The highest BCUT2D eigenvalue weighted by Crippen LogP contribution is 2.26. The molecule has 1 aromatic carbocycles. The van der Waals surface area contributed by atoms with Crippen molar-refractivity contribution in [2.75, 3.05) is 6.54 Å². The van der Waals surface area contributed by atoms with Crippen LogP contribution in [0.1, 0.15) is 23.8 Å². The number of aliphatic hydroxyl groups is 1. The number of aromatic nitrogens is 1. The average molecular weight is 316 g/mol. The van der Waals surface area contributed by atoms with Gasteiger partial charge in [0.2, 0.25) is 0 Å². The second-order valence-electron chi connectivity index (χ2n) is 4.87. The molecule has 1 unspecified atom stereocenters. The molecule has 8 heteroatoms. The van der Waals surface area contributed by atoms with E-state index < -0.39 is 18.4 Å². The molecule has 1 amide bonds. The predicted molar refractivity (Wildman–Crippen MR) is 73.6 cm³/mol. The first-order valence-corrected chi connectivity index (χ1v) is 6.59. The Balaban J connectivity index is 2.11. The lowest BCUT2D eigenvalue weighted by Gasteiger charge is -2.08. The van der Waals surface area contributed by atoms with Gasteiger partial charge in [0.1, 0.15) is 11.4 Å². The number of fused-ring (bicyclic) bond motifs is 1. The minimum atomic E-state index is -4.76. The Morgan fingerprint density at radius 3 is 2.77 bits per heavy atom. The van der Waals surface area contributed by atoms with Crippen LogP contribution in [0.4, 0.5) is 13.2 Å². The molecule has 0 saturated heterocycles. The molecule has 0 radical (unpaired) electrons. The van der Waals surface area contributed by atoms with Crippen molar-refractivity contribution in [1.82, 2.24) is 10.3 Å². The number of carbonyl (C=O) groups excluding carboxylic acids is 1. The normalized spacial score (nSPS) is 13.1. The van der Waals surface area contributed by atoms with E-state index in [0.29, 0.717) is 23.9 Å². The summed E-state index contributed by atoms with van der Waals surface area (Å²) in [6.45, 7) is 1.91. The molecular formula is C14H15F3N2O3. The molecule has 0 saturated carbocycles. The molecule has 1 aromatic heterocycles. The number of aliphatic hydroxyl groups excluding tert-OH is 1. The summed E-state index contributed by atoms with van der Waals surface area (Å²) in [5.74, 6) is -0.752. The van der Waals surface area contributed by atoms with E-state index in [0.717, 1.165) is 0 Å². The van der Waals surface area contributed by atoms with Crippen LogP contribution in [0.15, 0.2) is 24.3 Å². The molecule has 0 aliphatic rings. The molecule has 1 heterocycles. The molecule has 0 fully saturated rings. The molecule has 0 aliphatic heterocycles. The van der Waals surface area contributed by atoms with Crippen LogP contribution in [0.2, 0.25) is 0 Å². The number of halogens is 3. The van der Waals surface area contributed by atoms with Gasteiger partial charge in [-0.05, 0) is 31.5 Å². The Morgan fingerprint density at radius 1 is 1.41 bits per heavy atom. The molecule has 0 bridgehead atoms. The van der Waals surface area contributed by atoms with Crippen LogP contribution in [0.5, 0.6) is 5.75 Å². The van der Waals surface area contributed by atoms with Crippen molar-refractivity contribution >= 4 is 16.8 Å². The quantitative estimate of drug-likeness (QED) is 0.793. The van der Waals surface area contributed by atoms with Crippen LogP contribution in [-0.4, -0.2) is 35.0 Å². The highest BCUT2D eigenvalue weighted by molar-refractivity contribution is 5.98. The van der Waals surface area contributed by atoms with Crippen molar-refractivity contribution < 1.29 is 27.8 Å². The molecule has 5 nitrogen and oxygen atoms in total. The standard InChI is InChI=1S/C14H15F3N2O3/c1-8(20)4-5-18-13(21)12-6-9-2-3-10(7-11(9)19-12)22-14(15,16)17/h2-3,6-8,19-20H,4-5H2,1H3,(H,18,21). The Bertz CT molecular complexity index is 665. The highest BCUT2D eigenvalue weighted by Gasteiger charge is 2.31. The molecule has 3 N–H and O–H groups in total. The molecule has 0 aliphatic carbocycles. The number of carbonyl (C=O) groups is 1. The van der Waals surface area contributed by atoms with E-state index in [9.17, 15) is 18.0 Å². The SMILES string of the molecule is CC(O)CCNC(=O)c1cc2ccc(OC(F)(F)F)cc2[nH]1. The summed E-state index contributed by atoms with van der Waals surface area (Å²) < 4.78 is 40.3. The van der Waals surface area contributed by atoms with Gasteiger partial charge in [0.25, 0.3) is 5.91 Å². The van der Waals surface area contributed by atoms with Gasteiger partial charge in [-0.3, -0.25) is 4.79 Å². The van der Waals surface area contributed by atoms with Gasteiger partial charge in [-0.25, -0.2) is 0 Å². The van der Waals surface area contributed by atoms with E-state index in [1.165, 1.54) is 24.3 Å². The summed E-state index contributed by atoms with van der Waals surface area (Å²) >= 11 is 0. The van der Waals surface area contributed by atoms with Gasteiger partial charge < -0.3 is 20.1 Å². The molecule has 2 aromatic rings. The number of hydrogen-bond acceptors (Lipinski definition) is 3. The number of hydrogen-bond donors (Lipinski definition) is 3. The van der Waals surface area contributed by atoms with Crippen molar-refractivity contribution in [3.63, 3.8) is 0 Å². The molecule has 1 atom stereocenters. The summed E-state index contributed by atoms with van der Waals surface area (Å²) in [6, 6.07) is 5.32. The predicted octanol–water partition coefficient (Wildman–Crippen LogP) is 2.57. The fraction of sp³-hybridized carbons (Fsp3) is 0.357. The van der Waals surface area contributed by atoms with Crippen LogP contribution in [0, 0.1) is 0 Å². The minimum absolute atomic E-state index is 0.227. The van der Waals surface area contributed by atoms with Crippen molar-refractivity contribution in [3.05, 3.63) is 30.0 Å². The van der Waals surface area contributed by atoms with E-state index >= 15 is 0 Å². The maximum atomic E-state index is 12.2. The Labute approximate surface area is 124 Å². The number of H-pyrrole nitrogens is 1. The first kappa shape index (κ1) is 16.2. The number of nitrogens with one attached hydrogen (secondary N) is 2. The molecule has 2 rings (SSSR count). The van der Waals surface area contributed by atoms with Gasteiger partial charge in [-0.15, -0.1) is 13.2 Å². The first-order valence-electron chi connectivity index (χ1n) is 6.59. The number of aromatic amines is 1. The van der Waals surface area contributed by atoms with Gasteiger partial charge >= 0.3 is 6.36 Å². The van der Waals surface area contributed by atoms with Crippen LogP contribution in [0.3, 0.4) is 0 Å². The van der Waals surface area contributed by atoms with Crippen LogP contribution in [-0.2, 0) is 0 Å². The van der Waals surface area contributed by atoms with Crippen LogP contribution < -0.4 is 10.1 Å². The summed E-state index contributed by atoms with van der Waals surface area (Å²) in [5.41, 5.74) is 0.590. The smallest absolute Gasteiger partial charge is 0.406 e. The number of benzene rings is 1. The summed E-state index contributed by atoms with van der Waals surface area (Å²) in [6.07, 6.45) is -4.87. The molecular weight excluding hydrogens is 301 g/mol. The van der Waals surface area contributed by atoms with Crippen molar-refractivity contribution in [3.8, 4) is 5.75 Å². The molecule has 0 spiro atoms. The van der Waals surface area contributed by atoms with Gasteiger partial charge in [-0.2, -0.15) is 0 Å².